The second kappa shape index (κ2) is 3.24. The van der Waals surface area contributed by atoms with Crippen LogP contribution in [-0.2, 0) is 6.18 Å². The number of rotatable bonds is 1. The van der Waals surface area contributed by atoms with E-state index in [2.05, 4.69) is 9.97 Å². The van der Waals surface area contributed by atoms with Crippen LogP contribution in [0.15, 0.2) is 6.20 Å². The fourth-order valence-electron chi connectivity index (χ4n) is 0.869. The van der Waals surface area contributed by atoms with Crippen molar-refractivity contribution in [3.05, 3.63) is 17.5 Å². The average molecular weight is 205 g/mol. The van der Waals surface area contributed by atoms with Crippen molar-refractivity contribution >= 4 is 11.7 Å². The lowest BCUT2D eigenvalue weighted by atomic mass is 10.1. The molecule has 1 aromatic rings. The van der Waals surface area contributed by atoms with E-state index in [0.29, 0.717) is 0 Å². The molecule has 0 saturated heterocycles. The molecule has 0 aromatic carbocycles. The molecule has 1 heterocycles. The van der Waals surface area contributed by atoms with Crippen molar-refractivity contribution in [1.82, 2.24) is 9.97 Å². The number of halogens is 3. The van der Waals surface area contributed by atoms with Crippen molar-refractivity contribution in [2.45, 2.75) is 13.1 Å². The normalized spacial score (nSPS) is 11.4. The summed E-state index contributed by atoms with van der Waals surface area (Å²) in [5.41, 5.74) is 3.12. The fourth-order valence-corrected chi connectivity index (χ4v) is 0.869. The quantitative estimate of drug-likeness (QED) is 0.701. The summed E-state index contributed by atoms with van der Waals surface area (Å²) in [5.74, 6) is -1.26. The SMILES string of the molecule is CC(=O)c1cnc(N)nc1C(F)(F)F. The molecule has 0 atom stereocenters. The van der Waals surface area contributed by atoms with Gasteiger partial charge in [0.25, 0.3) is 0 Å². The van der Waals surface area contributed by atoms with Crippen LogP contribution in [0.4, 0.5) is 19.1 Å². The number of aromatic nitrogens is 2. The molecule has 0 fully saturated rings. The van der Waals surface area contributed by atoms with E-state index < -0.39 is 29.2 Å². The van der Waals surface area contributed by atoms with Crippen molar-refractivity contribution < 1.29 is 18.0 Å². The molecule has 7 heteroatoms. The van der Waals surface area contributed by atoms with Gasteiger partial charge < -0.3 is 5.73 Å². The number of ketones is 1. The van der Waals surface area contributed by atoms with E-state index in [4.69, 9.17) is 5.73 Å². The number of nitrogens with two attached hydrogens (primary N) is 1. The molecule has 0 aliphatic rings. The van der Waals surface area contributed by atoms with Crippen molar-refractivity contribution in [3.63, 3.8) is 0 Å². The Kier molecular flexibility index (Phi) is 2.41. The molecule has 0 saturated carbocycles. The maximum absolute atomic E-state index is 12.3. The van der Waals surface area contributed by atoms with E-state index in [1.54, 1.807) is 0 Å². The van der Waals surface area contributed by atoms with Crippen LogP contribution in [0.25, 0.3) is 0 Å². The molecule has 0 spiro atoms. The Bertz CT molecular complexity index is 375. The Morgan fingerprint density at radius 3 is 2.50 bits per heavy atom. The molecular weight excluding hydrogens is 199 g/mol. The largest absolute Gasteiger partial charge is 0.434 e. The van der Waals surface area contributed by atoms with Crippen LogP contribution >= 0.6 is 0 Å². The minimum Gasteiger partial charge on any atom is -0.368 e. The van der Waals surface area contributed by atoms with Gasteiger partial charge in [-0.05, 0) is 6.92 Å². The first-order valence-electron chi connectivity index (χ1n) is 3.53. The lowest BCUT2D eigenvalue weighted by molar-refractivity contribution is -0.141. The van der Waals surface area contributed by atoms with Crippen molar-refractivity contribution in [2.75, 3.05) is 5.73 Å². The number of hydrogen-bond acceptors (Lipinski definition) is 4. The van der Waals surface area contributed by atoms with E-state index in [-0.39, 0.29) is 0 Å². The molecule has 2 N–H and O–H groups in total. The summed E-state index contributed by atoms with van der Waals surface area (Å²) in [5, 5.41) is 0. The van der Waals surface area contributed by atoms with E-state index in [1.807, 2.05) is 0 Å². The smallest absolute Gasteiger partial charge is 0.368 e. The highest BCUT2D eigenvalue weighted by atomic mass is 19.4. The maximum atomic E-state index is 12.3. The average Bonchev–Trinajstić information content (AvgIpc) is 2.01. The zero-order chi connectivity index (χ0) is 10.9. The maximum Gasteiger partial charge on any atom is 0.434 e. The third kappa shape index (κ3) is 1.98. The number of carbonyl (C=O) groups is 1. The molecule has 4 nitrogen and oxygen atoms in total. The lowest BCUT2D eigenvalue weighted by Crippen LogP contribution is -2.16. The first-order valence-corrected chi connectivity index (χ1v) is 3.53. The predicted octanol–water partition coefficient (Wildman–Crippen LogP) is 1.28. The Labute approximate surface area is 77.0 Å². The standard InChI is InChI=1S/C7H6F3N3O/c1-3(14)4-2-12-6(11)13-5(4)7(8,9)10/h2H,1H3,(H2,11,12,13). The van der Waals surface area contributed by atoms with Gasteiger partial charge in [0, 0.05) is 6.20 Å². The third-order valence-corrected chi connectivity index (χ3v) is 1.46. The highest BCUT2D eigenvalue weighted by Crippen LogP contribution is 2.30. The third-order valence-electron chi connectivity index (χ3n) is 1.46. The summed E-state index contributed by atoms with van der Waals surface area (Å²) < 4.78 is 36.9. The zero-order valence-electron chi connectivity index (χ0n) is 7.09. The first kappa shape index (κ1) is 10.4. The van der Waals surface area contributed by atoms with Gasteiger partial charge in [-0.3, -0.25) is 4.79 Å². The second-order valence-corrected chi connectivity index (χ2v) is 2.54. The molecule has 0 aliphatic carbocycles. The Hall–Kier alpha value is -1.66. The summed E-state index contributed by atoms with van der Waals surface area (Å²) in [6.07, 6.45) is -3.93. The van der Waals surface area contributed by atoms with Gasteiger partial charge in [0.1, 0.15) is 0 Å². The van der Waals surface area contributed by atoms with E-state index in [1.165, 1.54) is 0 Å². The van der Waals surface area contributed by atoms with Crippen LogP contribution in [0.1, 0.15) is 23.0 Å². The Balaban J connectivity index is 3.38. The molecule has 0 amide bonds. The van der Waals surface area contributed by atoms with Gasteiger partial charge in [-0.2, -0.15) is 13.2 Å². The van der Waals surface area contributed by atoms with Crippen LogP contribution in [0, 0.1) is 0 Å². The van der Waals surface area contributed by atoms with Crippen LogP contribution in [0.3, 0.4) is 0 Å². The number of nitrogen functional groups attached to an aromatic ring is 1. The minimum absolute atomic E-state index is 0.512. The van der Waals surface area contributed by atoms with Crippen LogP contribution in [-0.4, -0.2) is 15.8 Å². The number of anilines is 1. The van der Waals surface area contributed by atoms with Gasteiger partial charge in [0.15, 0.2) is 11.5 Å². The number of alkyl halides is 3. The highest BCUT2D eigenvalue weighted by molar-refractivity contribution is 5.95. The molecular formula is C7H6F3N3O. The Morgan fingerprint density at radius 1 is 1.50 bits per heavy atom. The van der Waals surface area contributed by atoms with Crippen LogP contribution in [0.2, 0.25) is 0 Å². The molecule has 0 aliphatic heterocycles. The second-order valence-electron chi connectivity index (χ2n) is 2.54. The molecule has 76 valence electrons. The molecule has 0 unspecified atom stereocenters. The predicted molar refractivity (Wildman–Crippen MR) is 41.5 cm³/mol. The minimum atomic E-state index is -4.70. The molecule has 1 aromatic heterocycles. The lowest BCUT2D eigenvalue weighted by Gasteiger charge is -2.09. The summed E-state index contributed by atoms with van der Waals surface area (Å²) in [6.45, 7) is 1.00. The molecule has 14 heavy (non-hydrogen) atoms. The van der Waals surface area contributed by atoms with Gasteiger partial charge in [-0.25, -0.2) is 9.97 Å². The van der Waals surface area contributed by atoms with Crippen LogP contribution < -0.4 is 5.73 Å². The molecule has 0 radical (unpaired) electrons. The number of nitrogens with zero attached hydrogens (tertiary/aromatic N) is 2. The summed E-state index contributed by atoms with van der Waals surface area (Å²) in [6, 6.07) is 0. The highest BCUT2D eigenvalue weighted by Gasteiger charge is 2.37. The van der Waals surface area contributed by atoms with Crippen molar-refractivity contribution in [1.29, 1.82) is 0 Å². The molecule has 0 bridgehead atoms. The van der Waals surface area contributed by atoms with Crippen LogP contribution in [0.5, 0.6) is 0 Å². The van der Waals surface area contributed by atoms with E-state index in [9.17, 15) is 18.0 Å². The Morgan fingerprint density at radius 2 is 2.07 bits per heavy atom. The zero-order valence-corrected chi connectivity index (χ0v) is 7.09. The van der Waals surface area contributed by atoms with Crippen molar-refractivity contribution in [3.8, 4) is 0 Å². The number of Topliss-reactive ketones (excluding diaryl/α,β-unsaturated/α-hetero) is 1. The van der Waals surface area contributed by atoms with Gasteiger partial charge >= 0.3 is 6.18 Å². The summed E-state index contributed by atoms with van der Waals surface area (Å²) >= 11 is 0. The monoisotopic (exact) mass is 205 g/mol. The van der Waals surface area contributed by atoms with Gasteiger partial charge in [-0.15, -0.1) is 0 Å². The van der Waals surface area contributed by atoms with Crippen molar-refractivity contribution in [2.24, 2.45) is 0 Å². The number of hydrogen-bond donors (Lipinski definition) is 1. The van der Waals surface area contributed by atoms with E-state index >= 15 is 0 Å². The fraction of sp³-hybridized carbons (Fsp3) is 0.286. The number of carbonyl (C=O) groups excluding carboxylic acids is 1. The van der Waals surface area contributed by atoms with Gasteiger partial charge in [0.05, 0.1) is 5.56 Å². The van der Waals surface area contributed by atoms with Gasteiger partial charge in [0.2, 0.25) is 5.95 Å². The summed E-state index contributed by atoms with van der Waals surface area (Å²) in [4.78, 5) is 17.1. The van der Waals surface area contributed by atoms with Gasteiger partial charge in [-0.1, -0.05) is 0 Å². The van der Waals surface area contributed by atoms with E-state index in [0.717, 1.165) is 13.1 Å². The molecule has 1 rings (SSSR count). The summed E-state index contributed by atoms with van der Waals surface area (Å²) in [7, 11) is 0. The first-order chi connectivity index (χ1) is 6.32. The topological polar surface area (TPSA) is 68.9 Å².